The van der Waals surface area contributed by atoms with Crippen LogP contribution >= 0.6 is 0 Å². The van der Waals surface area contributed by atoms with Crippen molar-refractivity contribution in [3.63, 3.8) is 0 Å². The van der Waals surface area contributed by atoms with Gasteiger partial charge in [0.2, 0.25) is 0 Å². The van der Waals surface area contributed by atoms with Gasteiger partial charge in [0.1, 0.15) is 0 Å². The van der Waals surface area contributed by atoms with Crippen LogP contribution in [-0.4, -0.2) is 40.7 Å². The molecule has 1 heterocycles. The lowest BCUT2D eigenvalue weighted by molar-refractivity contribution is 0.0705. The molecule has 1 aliphatic heterocycles. The summed E-state index contributed by atoms with van der Waals surface area (Å²) in [5, 5.41) is 3.87. The lowest BCUT2D eigenvalue weighted by Crippen LogP contribution is -2.46. The Bertz CT molecular complexity index is 285. The van der Waals surface area contributed by atoms with Gasteiger partial charge in [0, 0.05) is 37.9 Å². The molecule has 0 amide bonds. The molecule has 1 aliphatic carbocycles. The summed E-state index contributed by atoms with van der Waals surface area (Å²) in [4.78, 5) is 0. The molecule has 2 aliphatic rings. The van der Waals surface area contributed by atoms with Crippen LogP contribution in [0.15, 0.2) is 0 Å². The normalized spacial score (nSPS) is 28.8. The van der Waals surface area contributed by atoms with Crippen molar-refractivity contribution in [2.45, 2.75) is 83.8 Å². The van der Waals surface area contributed by atoms with E-state index in [2.05, 4.69) is 5.32 Å². The fourth-order valence-electron chi connectivity index (χ4n) is 4.21. The minimum Gasteiger partial charge on any atom is -0.374 e. The van der Waals surface area contributed by atoms with Gasteiger partial charge >= 0.3 is 8.80 Å². The van der Waals surface area contributed by atoms with Crippen LogP contribution in [0.2, 0.25) is 6.04 Å². The van der Waals surface area contributed by atoms with Gasteiger partial charge in [0.25, 0.3) is 0 Å². The van der Waals surface area contributed by atoms with Crippen molar-refractivity contribution >= 4 is 8.80 Å². The largest absolute Gasteiger partial charge is 0.500 e. The van der Waals surface area contributed by atoms with E-state index in [0.29, 0.717) is 25.9 Å². The number of hydrogen-bond acceptors (Lipinski definition) is 4. The topological polar surface area (TPSA) is 39.7 Å². The fourth-order valence-corrected chi connectivity index (χ4v) is 6.85. The third-order valence-electron chi connectivity index (χ3n) is 5.07. The molecular weight excluding hydrogens is 294 g/mol. The second-order valence-corrected chi connectivity index (χ2v) is 9.36. The van der Waals surface area contributed by atoms with E-state index in [1.54, 1.807) is 0 Å². The molecule has 22 heavy (non-hydrogen) atoms. The first-order valence-electron chi connectivity index (χ1n) is 9.41. The van der Waals surface area contributed by atoms with E-state index in [4.69, 9.17) is 13.3 Å². The van der Waals surface area contributed by atoms with E-state index in [1.165, 1.54) is 38.5 Å². The molecule has 3 atom stereocenters. The number of nitrogens with one attached hydrogen (secondary N) is 1. The number of fused-ring (bicyclic) bond motifs is 1. The third kappa shape index (κ3) is 5.03. The molecule has 0 bridgehead atoms. The molecule has 2 rings (SSSR count). The standard InChI is InChI=1S/C17H35NO3Si/c1-4-19-22(20-5-2,21-6-3)13-9-11-16-14-15-10-7-8-12-17(15)18-16/h15-18H,4-14H2,1-3H3. The number of hydrogen-bond donors (Lipinski definition) is 1. The zero-order valence-electron chi connectivity index (χ0n) is 14.7. The van der Waals surface area contributed by atoms with Crippen molar-refractivity contribution in [1.29, 1.82) is 0 Å². The van der Waals surface area contributed by atoms with Gasteiger partial charge in [-0.2, -0.15) is 0 Å². The third-order valence-corrected chi connectivity index (χ3v) is 8.23. The van der Waals surface area contributed by atoms with Gasteiger partial charge in [-0.1, -0.05) is 12.8 Å². The van der Waals surface area contributed by atoms with E-state index in [9.17, 15) is 0 Å². The van der Waals surface area contributed by atoms with Crippen LogP contribution in [0.1, 0.15) is 65.7 Å². The Morgan fingerprint density at radius 2 is 1.59 bits per heavy atom. The molecule has 0 aromatic heterocycles. The van der Waals surface area contributed by atoms with Crippen molar-refractivity contribution in [3.05, 3.63) is 0 Å². The number of rotatable bonds is 10. The van der Waals surface area contributed by atoms with Gasteiger partial charge in [-0.05, 0) is 58.8 Å². The summed E-state index contributed by atoms with van der Waals surface area (Å²) >= 11 is 0. The highest BCUT2D eigenvalue weighted by Gasteiger charge is 2.40. The molecule has 0 aromatic rings. The van der Waals surface area contributed by atoms with Crippen molar-refractivity contribution in [2.24, 2.45) is 5.92 Å². The smallest absolute Gasteiger partial charge is 0.374 e. The van der Waals surface area contributed by atoms with Crippen LogP contribution in [0.5, 0.6) is 0 Å². The molecule has 4 nitrogen and oxygen atoms in total. The van der Waals surface area contributed by atoms with Crippen LogP contribution in [0, 0.1) is 5.92 Å². The first kappa shape index (κ1) is 18.4. The molecule has 5 heteroatoms. The Hall–Kier alpha value is 0.0569. The summed E-state index contributed by atoms with van der Waals surface area (Å²) in [6.45, 7) is 8.13. The predicted molar refractivity (Wildman–Crippen MR) is 92.0 cm³/mol. The summed E-state index contributed by atoms with van der Waals surface area (Å²) < 4.78 is 17.8. The van der Waals surface area contributed by atoms with Gasteiger partial charge in [0.15, 0.2) is 0 Å². The quantitative estimate of drug-likeness (QED) is 0.620. The predicted octanol–water partition coefficient (Wildman–Crippen LogP) is 3.74. The average Bonchev–Trinajstić information content (AvgIpc) is 2.90. The van der Waals surface area contributed by atoms with Crippen LogP contribution in [0.4, 0.5) is 0 Å². The summed E-state index contributed by atoms with van der Waals surface area (Å²) in [6.07, 6.45) is 9.41. The first-order valence-corrected chi connectivity index (χ1v) is 11.3. The summed E-state index contributed by atoms with van der Waals surface area (Å²) in [7, 11) is -2.43. The van der Waals surface area contributed by atoms with Crippen LogP contribution in [-0.2, 0) is 13.3 Å². The van der Waals surface area contributed by atoms with E-state index < -0.39 is 8.80 Å². The molecule has 2 fully saturated rings. The molecule has 3 unspecified atom stereocenters. The van der Waals surface area contributed by atoms with Crippen molar-refractivity contribution in [1.82, 2.24) is 5.32 Å². The molecule has 0 radical (unpaired) electrons. The van der Waals surface area contributed by atoms with Gasteiger partial charge in [0.05, 0.1) is 0 Å². The molecule has 0 spiro atoms. The second-order valence-electron chi connectivity index (χ2n) is 6.62. The second kappa shape index (κ2) is 9.38. The zero-order valence-corrected chi connectivity index (χ0v) is 15.7. The van der Waals surface area contributed by atoms with Crippen molar-refractivity contribution in [2.75, 3.05) is 19.8 Å². The minimum absolute atomic E-state index is 0.679. The Morgan fingerprint density at radius 1 is 0.955 bits per heavy atom. The van der Waals surface area contributed by atoms with Crippen molar-refractivity contribution in [3.8, 4) is 0 Å². The Labute approximate surface area is 137 Å². The first-order chi connectivity index (χ1) is 10.7. The Balaban J connectivity index is 1.77. The highest BCUT2D eigenvalue weighted by Crippen LogP contribution is 2.34. The van der Waals surface area contributed by atoms with Crippen LogP contribution in [0.3, 0.4) is 0 Å². The van der Waals surface area contributed by atoms with Gasteiger partial charge < -0.3 is 18.6 Å². The Kier molecular flexibility index (Phi) is 7.84. The highest BCUT2D eigenvalue weighted by molar-refractivity contribution is 6.60. The lowest BCUT2D eigenvalue weighted by atomic mass is 9.85. The van der Waals surface area contributed by atoms with Gasteiger partial charge in [-0.15, -0.1) is 0 Å². The van der Waals surface area contributed by atoms with Crippen molar-refractivity contribution < 1.29 is 13.3 Å². The summed E-state index contributed by atoms with van der Waals surface area (Å²) in [6, 6.07) is 2.45. The maximum Gasteiger partial charge on any atom is 0.500 e. The average molecular weight is 330 g/mol. The van der Waals surface area contributed by atoms with E-state index in [1.807, 2.05) is 20.8 Å². The summed E-state index contributed by atoms with van der Waals surface area (Å²) in [5.41, 5.74) is 0. The molecular formula is C17H35NO3Si. The highest BCUT2D eigenvalue weighted by atomic mass is 28.4. The SMILES string of the molecule is CCO[Si](CCCC1CC2CCCCC2N1)(OCC)OCC. The van der Waals surface area contributed by atoms with Gasteiger partial charge in [-0.3, -0.25) is 0 Å². The Morgan fingerprint density at radius 3 is 2.18 bits per heavy atom. The summed E-state index contributed by atoms with van der Waals surface area (Å²) in [5.74, 6) is 0.937. The lowest BCUT2D eigenvalue weighted by Gasteiger charge is -2.28. The maximum atomic E-state index is 5.94. The minimum atomic E-state index is -2.43. The van der Waals surface area contributed by atoms with Crippen LogP contribution in [0.25, 0.3) is 0 Å². The van der Waals surface area contributed by atoms with E-state index >= 15 is 0 Å². The molecule has 1 saturated heterocycles. The molecule has 1 N–H and O–H groups in total. The molecule has 0 aromatic carbocycles. The zero-order chi connectivity index (χ0) is 15.8. The monoisotopic (exact) mass is 329 g/mol. The molecule has 130 valence electrons. The van der Waals surface area contributed by atoms with Gasteiger partial charge in [-0.25, -0.2) is 0 Å². The van der Waals surface area contributed by atoms with E-state index in [0.717, 1.165) is 24.4 Å². The maximum absolute atomic E-state index is 5.94. The van der Waals surface area contributed by atoms with E-state index in [-0.39, 0.29) is 0 Å². The molecule has 1 saturated carbocycles. The van der Waals surface area contributed by atoms with Crippen LogP contribution < -0.4 is 5.32 Å². The fraction of sp³-hybridized carbons (Fsp3) is 1.00.